The van der Waals surface area contributed by atoms with Gasteiger partial charge in [0.1, 0.15) is 30.1 Å². The van der Waals surface area contributed by atoms with Gasteiger partial charge in [0.05, 0.1) is 24.1 Å². The van der Waals surface area contributed by atoms with Gasteiger partial charge in [-0.15, -0.1) is 0 Å². The number of hydrogen-bond donors (Lipinski definition) is 3. The topological polar surface area (TPSA) is 110 Å². The molecule has 10 heteroatoms. The van der Waals surface area contributed by atoms with E-state index in [9.17, 15) is 5.11 Å². The fourth-order valence-corrected chi connectivity index (χ4v) is 4.75. The van der Waals surface area contributed by atoms with Crippen molar-refractivity contribution >= 4 is 5.82 Å². The van der Waals surface area contributed by atoms with Crippen molar-refractivity contribution in [2.75, 3.05) is 51.9 Å². The van der Waals surface area contributed by atoms with E-state index in [4.69, 9.17) is 19.4 Å². The Morgan fingerprint density at radius 2 is 2.14 bits per heavy atom. The molecule has 0 bridgehead atoms. The standard InChI is InChI=1S/C26H35N7O3/c1-27-14-20(34)17-36-21-5-3-4-18(12-21)26-30-22(23-15-29-25-16-28-8-9-33(23)25)13-24(31-26)32(2)19-6-10-35-11-7-19/h3-5,12-13,15,19-20,27-28,34H,6-11,14,16-17H2,1-2H3. The van der Waals surface area contributed by atoms with Crippen LogP contribution in [0, 0.1) is 0 Å². The third-order valence-corrected chi connectivity index (χ3v) is 6.78. The molecule has 0 amide bonds. The van der Waals surface area contributed by atoms with E-state index in [-0.39, 0.29) is 6.61 Å². The second kappa shape index (κ2) is 11.3. The molecule has 36 heavy (non-hydrogen) atoms. The van der Waals surface area contributed by atoms with Gasteiger partial charge in [-0.25, -0.2) is 15.0 Å². The molecule has 0 spiro atoms. The van der Waals surface area contributed by atoms with E-state index in [0.29, 0.717) is 24.2 Å². The number of aliphatic hydroxyl groups is 1. The van der Waals surface area contributed by atoms with Crippen LogP contribution in [0.25, 0.3) is 22.8 Å². The first-order chi connectivity index (χ1) is 17.6. The number of rotatable bonds is 9. The van der Waals surface area contributed by atoms with Gasteiger partial charge in [0, 0.05) is 57.6 Å². The Morgan fingerprint density at radius 3 is 2.97 bits per heavy atom. The SMILES string of the molecule is CNCC(O)COc1cccc(-c2nc(-c3cnc4n3CCNC4)cc(N(C)C3CCOCC3)n2)c1. The van der Waals surface area contributed by atoms with Crippen molar-refractivity contribution in [1.82, 2.24) is 30.2 Å². The Morgan fingerprint density at radius 1 is 1.28 bits per heavy atom. The maximum atomic E-state index is 10.0. The summed E-state index contributed by atoms with van der Waals surface area (Å²) in [7, 11) is 3.90. The number of nitrogens with zero attached hydrogens (tertiary/aromatic N) is 5. The summed E-state index contributed by atoms with van der Waals surface area (Å²) in [5, 5.41) is 16.3. The Bertz CT molecular complexity index is 1160. The van der Waals surface area contributed by atoms with Crippen molar-refractivity contribution in [2.24, 2.45) is 0 Å². The average molecular weight is 494 g/mol. The molecule has 2 aliphatic rings. The van der Waals surface area contributed by atoms with Crippen LogP contribution in [0.2, 0.25) is 0 Å². The highest BCUT2D eigenvalue weighted by molar-refractivity contribution is 5.67. The van der Waals surface area contributed by atoms with E-state index in [2.05, 4.69) is 38.2 Å². The van der Waals surface area contributed by atoms with E-state index >= 15 is 0 Å². The van der Waals surface area contributed by atoms with Crippen molar-refractivity contribution in [2.45, 2.75) is 38.1 Å². The van der Waals surface area contributed by atoms with Crippen molar-refractivity contribution in [3.05, 3.63) is 42.4 Å². The third kappa shape index (κ3) is 5.52. The largest absolute Gasteiger partial charge is 0.491 e. The van der Waals surface area contributed by atoms with Crippen molar-refractivity contribution in [3.63, 3.8) is 0 Å². The Kier molecular flexibility index (Phi) is 7.76. The van der Waals surface area contributed by atoms with E-state index < -0.39 is 6.10 Å². The fourth-order valence-electron chi connectivity index (χ4n) is 4.75. The van der Waals surface area contributed by atoms with Gasteiger partial charge in [0.15, 0.2) is 5.82 Å². The lowest BCUT2D eigenvalue weighted by Crippen LogP contribution is -2.37. The molecule has 1 aromatic carbocycles. The van der Waals surface area contributed by atoms with Crippen LogP contribution in [0.15, 0.2) is 36.5 Å². The number of benzene rings is 1. The molecule has 1 fully saturated rings. The summed E-state index contributed by atoms with van der Waals surface area (Å²) in [4.78, 5) is 16.9. The monoisotopic (exact) mass is 493 g/mol. The number of aromatic nitrogens is 4. The van der Waals surface area contributed by atoms with Crippen LogP contribution in [-0.4, -0.2) is 83.8 Å². The van der Waals surface area contributed by atoms with Crippen LogP contribution in [0.3, 0.4) is 0 Å². The molecular weight excluding hydrogens is 458 g/mol. The summed E-state index contributed by atoms with van der Waals surface area (Å²) in [5.74, 6) is 3.20. The molecule has 10 nitrogen and oxygen atoms in total. The summed E-state index contributed by atoms with van der Waals surface area (Å²) in [5.41, 5.74) is 2.71. The summed E-state index contributed by atoms with van der Waals surface area (Å²) in [6.07, 6.45) is 3.27. The molecule has 3 N–H and O–H groups in total. The molecule has 1 unspecified atom stereocenters. The molecule has 5 rings (SSSR count). The minimum Gasteiger partial charge on any atom is -0.491 e. The minimum absolute atomic E-state index is 0.207. The Labute approximate surface area is 211 Å². The first kappa shape index (κ1) is 24.6. The summed E-state index contributed by atoms with van der Waals surface area (Å²) in [6.45, 7) is 4.72. The Hall–Kier alpha value is -3.05. The van der Waals surface area contributed by atoms with Crippen LogP contribution in [0.5, 0.6) is 5.75 Å². The summed E-state index contributed by atoms with van der Waals surface area (Å²) in [6, 6.07) is 10.2. The maximum absolute atomic E-state index is 10.0. The number of fused-ring (bicyclic) bond motifs is 1. The van der Waals surface area contributed by atoms with Gasteiger partial charge in [-0.2, -0.15) is 0 Å². The normalized spacial score (nSPS) is 17.0. The average Bonchev–Trinajstić information content (AvgIpc) is 3.36. The Balaban J connectivity index is 1.50. The molecule has 2 aromatic heterocycles. The number of likely N-dealkylation sites (N-methyl/N-ethyl adjacent to an activating group) is 1. The quantitative estimate of drug-likeness (QED) is 0.410. The van der Waals surface area contributed by atoms with Gasteiger partial charge in [-0.05, 0) is 32.0 Å². The second-order valence-electron chi connectivity index (χ2n) is 9.33. The number of aliphatic hydroxyl groups excluding tert-OH is 1. The third-order valence-electron chi connectivity index (χ3n) is 6.78. The predicted octanol–water partition coefficient (Wildman–Crippen LogP) is 1.68. The number of ether oxygens (including phenoxy) is 2. The molecule has 1 saturated heterocycles. The van der Waals surface area contributed by atoms with Crippen molar-refractivity contribution in [3.8, 4) is 28.5 Å². The lowest BCUT2D eigenvalue weighted by Gasteiger charge is -2.32. The summed E-state index contributed by atoms with van der Waals surface area (Å²) >= 11 is 0. The highest BCUT2D eigenvalue weighted by Gasteiger charge is 2.23. The van der Waals surface area contributed by atoms with Crippen LogP contribution in [-0.2, 0) is 17.8 Å². The van der Waals surface area contributed by atoms with Gasteiger partial charge in [-0.1, -0.05) is 12.1 Å². The van der Waals surface area contributed by atoms with Crippen LogP contribution >= 0.6 is 0 Å². The molecule has 0 aliphatic carbocycles. The van der Waals surface area contributed by atoms with E-state index in [0.717, 1.165) is 74.3 Å². The highest BCUT2D eigenvalue weighted by atomic mass is 16.5. The van der Waals surface area contributed by atoms with Gasteiger partial charge in [0.25, 0.3) is 0 Å². The number of nitrogens with one attached hydrogen (secondary N) is 2. The molecule has 0 saturated carbocycles. The van der Waals surface area contributed by atoms with Crippen LogP contribution in [0.4, 0.5) is 5.82 Å². The second-order valence-corrected chi connectivity index (χ2v) is 9.33. The molecule has 2 aliphatic heterocycles. The predicted molar refractivity (Wildman–Crippen MR) is 138 cm³/mol. The van der Waals surface area contributed by atoms with E-state index in [1.165, 1.54) is 0 Å². The summed E-state index contributed by atoms with van der Waals surface area (Å²) < 4.78 is 13.7. The molecule has 1 atom stereocenters. The zero-order chi connectivity index (χ0) is 24.9. The van der Waals surface area contributed by atoms with Crippen molar-refractivity contribution in [1.29, 1.82) is 0 Å². The smallest absolute Gasteiger partial charge is 0.162 e. The lowest BCUT2D eigenvalue weighted by atomic mass is 10.1. The van der Waals surface area contributed by atoms with Gasteiger partial charge in [0.2, 0.25) is 0 Å². The van der Waals surface area contributed by atoms with Gasteiger partial charge >= 0.3 is 0 Å². The van der Waals surface area contributed by atoms with Crippen LogP contribution < -0.4 is 20.3 Å². The maximum Gasteiger partial charge on any atom is 0.162 e. The zero-order valence-corrected chi connectivity index (χ0v) is 21.0. The first-order valence-corrected chi connectivity index (χ1v) is 12.6. The zero-order valence-electron chi connectivity index (χ0n) is 21.0. The number of anilines is 1. The highest BCUT2D eigenvalue weighted by Crippen LogP contribution is 2.30. The van der Waals surface area contributed by atoms with E-state index in [1.54, 1.807) is 7.05 Å². The van der Waals surface area contributed by atoms with Gasteiger partial charge < -0.3 is 34.7 Å². The molecule has 3 aromatic rings. The minimum atomic E-state index is -0.583. The van der Waals surface area contributed by atoms with Gasteiger partial charge in [-0.3, -0.25) is 0 Å². The van der Waals surface area contributed by atoms with Crippen LogP contribution in [0.1, 0.15) is 18.7 Å². The lowest BCUT2D eigenvalue weighted by molar-refractivity contribution is 0.0853. The number of imidazole rings is 1. The number of hydrogen-bond acceptors (Lipinski definition) is 9. The van der Waals surface area contributed by atoms with E-state index in [1.807, 2.05) is 30.5 Å². The molecule has 4 heterocycles. The molecule has 0 radical (unpaired) electrons. The fraction of sp³-hybridized carbons (Fsp3) is 0.500. The first-order valence-electron chi connectivity index (χ1n) is 12.6. The molecular formula is C26H35N7O3. The van der Waals surface area contributed by atoms with Crippen molar-refractivity contribution < 1.29 is 14.6 Å². The molecule has 192 valence electrons.